The van der Waals surface area contributed by atoms with Crippen LogP contribution in [0.5, 0.6) is 5.88 Å². The number of hydrogen-bond donors (Lipinski definition) is 1. The van der Waals surface area contributed by atoms with E-state index >= 15 is 0 Å². The number of carbonyl (C=O) groups is 1. The summed E-state index contributed by atoms with van der Waals surface area (Å²) in [5, 5.41) is 2.85. The number of amides is 1. The summed E-state index contributed by atoms with van der Waals surface area (Å²) in [5.74, 6) is 0.867. The molecule has 0 aliphatic carbocycles. The Hall–Kier alpha value is -2.70. The summed E-state index contributed by atoms with van der Waals surface area (Å²) in [7, 11) is 0. The summed E-state index contributed by atoms with van der Waals surface area (Å²) in [6.07, 6.45) is 4.76. The highest BCUT2D eigenvalue weighted by Gasteiger charge is 2.26. The molecule has 1 amide bonds. The van der Waals surface area contributed by atoms with E-state index in [9.17, 15) is 9.18 Å². The van der Waals surface area contributed by atoms with Gasteiger partial charge in [0.2, 0.25) is 11.8 Å². The lowest BCUT2D eigenvalue weighted by Crippen LogP contribution is -2.38. The van der Waals surface area contributed by atoms with Crippen LogP contribution in [0.15, 0.2) is 36.7 Å². The summed E-state index contributed by atoms with van der Waals surface area (Å²) in [4.78, 5) is 23.1. The normalized spacial score (nSPS) is 15.0. The highest BCUT2D eigenvalue weighted by atomic mass is 19.1. The van der Waals surface area contributed by atoms with Gasteiger partial charge in [0.15, 0.2) is 5.82 Å². The standard InChI is InChI=1S/C18H21FN4O2/c1-2-25-17-12-20-11-16(22-17)23-9-7-13(8-10-23)18(24)21-15-5-3-14(19)4-6-15/h3-6,11-13H,2,7-10H2,1H3,(H,21,24). The number of nitrogens with one attached hydrogen (secondary N) is 1. The fraction of sp³-hybridized carbons (Fsp3) is 0.389. The molecule has 7 heteroatoms. The Labute approximate surface area is 146 Å². The molecule has 25 heavy (non-hydrogen) atoms. The lowest BCUT2D eigenvalue weighted by Gasteiger charge is -2.32. The zero-order valence-corrected chi connectivity index (χ0v) is 14.1. The molecule has 132 valence electrons. The summed E-state index contributed by atoms with van der Waals surface area (Å²) in [6, 6.07) is 5.80. The maximum atomic E-state index is 12.9. The van der Waals surface area contributed by atoms with Crippen LogP contribution in [-0.2, 0) is 4.79 Å². The minimum absolute atomic E-state index is 0.0274. The van der Waals surface area contributed by atoms with Crippen LogP contribution in [0.4, 0.5) is 15.9 Å². The first kappa shape index (κ1) is 17.1. The second kappa shape index (κ2) is 7.92. The molecule has 0 radical (unpaired) electrons. The molecule has 1 aliphatic heterocycles. The molecule has 3 rings (SSSR count). The zero-order chi connectivity index (χ0) is 17.6. The summed E-state index contributed by atoms with van der Waals surface area (Å²) in [5.41, 5.74) is 0.615. The summed E-state index contributed by atoms with van der Waals surface area (Å²) < 4.78 is 18.3. The molecular formula is C18H21FN4O2. The predicted octanol–water partition coefficient (Wildman–Crippen LogP) is 2.87. The van der Waals surface area contributed by atoms with E-state index in [1.54, 1.807) is 24.5 Å². The van der Waals surface area contributed by atoms with E-state index in [4.69, 9.17) is 4.74 Å². The summed E-state index contributed by atoms with van der Waals surface area (Å²) >= 11 is 0. The van der Waals surface area contributed by atoms with Crippen LogP contribution in [0.25, 0.3) is 0 Å². The van der Waals surface area contributed by atoms with Gasteiger partial charge in [0.25, 0.3) is 0 Å². The quantitative estimate of drug-likeness (QED) is 0.903. The molecule has 0 saturated carbocycles. The third kappa shape index (κ3) is 4.43. The SMILES string of the molecule is CCOc1cncc(N2CCC(C(=O)Nc3ccc(F)cc3)CC2)n1. The van der Waals surface area contributed by atoms with E-state index in [1.165, 1.54) is 12.1 Å². The lowest BCUT2D eigenvalue weighted by atomic mass is 9.96. The minimum Gasteiger partial charge on any atom is -0.477 e. The number of anilines is 2. The third-order valence-electron chi connectivity index (χ3n) is 4.19. The third-order valence-corrected chi connectivity index (χ3v) is 4.19. The number of ether oxygens (including phenoxy) is 1. The Balaban J connectivity index is 1.55. The second-order valence-electron chi connectivity index (χ2n) is 5.91. The fourth-order valence-corrected chi connectivity index (χ4v) is 2.86. The van der Waals surface area contributed by atoms with Crippen LogP contribution in [0, 0.1) is 11.7 Å². The van der Waals surface area contributed by atoms with Crippen LogP contribution >= 0.6 is 0 Å². The Morgan fingerprint density at radius 2 is 2.00 bits per heavy atom. The highest BCUT2D eigenvalue weighted by molar-refractivity contribution is 5.92. The number of carbonyl (C=O) groups excluding carboxylic acids is 1. The van der Waals surface area contributed by atoms with Crippen molar-refractivity contribution in [2.45, 2.75) is 19.8 Å². The van der Waals surface area contributed by atoms with Gasteiger partial charge in [0.1, 0.15) is 5.82 Å². The molecule has 0 bridgehead atoms. The lowest BCUT2D eigenvalue weighted by molar-refractivity contribution is -0.120. The topological polar surface area (TPSA) is 67.3 Å². The van der Waals surface area contributed by atoms with Gasteiger partial charge >= 0.3 is 0 Å². The van der Waals surface area contributed by atoms with E-state index in [1.807, 2.05) is 6.92 Å². The van der Waals surface area contributed by atoms with E-state index in [2.05, 4.69) is 20.2 Å². The van der Waals surface area contributed by atoms with Crippen molar-refractivity contribution in [1.82, 2.24) is 9.97 Å². The maximum Gasteiger partial charge on any atom is 0.234 e. The first-order chi connectivity index (χ1) is 12.2. The second-order valence-corrected chi connectivity index (χ2v) is 5.91. The molecular weight excluding hydrogens is 323 g/mol. The van der Waals surface area contributed by atoms with Gasteiger partial charge < -0.3 is 15.0 Å². The maximum absolute atomic E-state index is 12.9. The van der Waals surface area contributed by atoms with Crippen LogP contribution in [-0.4, -0.2) is 35.6 Å². The van der Waals surface area contributed by atoms with Gasteiger partial charge in [-0.25, -0.2) is 4.39 Å². The monoisotopic (exact) mass is 344 g/mol. The Morgan fingerprint density at radius 3 is 2.68 bits per heavy atom. The molecule has 1 saturated heterocycles. The van der Waals surface area contributed by atoms with Crippen molar-refractivity contribution in [3.8, 4) is 5.88 Å². The molecule has 0 unspecified atom stereocenters. The van der Waals surface area contributed by atoms with E-state index in [-0.39, 0.29) is 17.6 Å². The molecule has 1 aromatic heterocycles. The van der Waals surface area contributed by atoms with Gasteiger partial charge in [0, 0.05) is 24.7 Å². The van der Waals surface area contributed by atoms with Gasteiger partial charge in [0.05, 0.1) is 19.0 Å². The average molecular weight is 344 g/mol. The molecule has 1 aromatic carbocycles. The number of rotatable bonds is 5. The average Bonchev–Trinajstić information content (AvgIpc) is 2.64. The van der Waals surface area contributed by atoms with Crippen LogP contribution in [0.2, 0.25) is 0 Å². The van der Waals surface area contributed by atoms with Crippen molar-refractivity contribution in [2.75, 3.05) is 29.9 Å². The van der Waals surface area contributed by atoms with Gasteiger partial charge in [-0.1, -0.05) is 0 Å². The van der Waals surface area contributed by atoms with Crippen molar-refractivity contribution < 1.29 is 13.9 Å². The zero-order valence-electron chi connectivity index (χ0n) is 14.1. The van der Waals surface area contributed by atoms with Crippen molar-refractivity contribution in [3.05, 3.63) is 42.5 Å². The van der Waals surface area contributed by atoms with Crippen LogP contribution < -0.4 is 15.0 Å². The van der Waals surface area contributed by atoms with E-state index in [0.717, 1.165) is 31.7 Å². The highest BCUT2D eigenvalue weighted by Crippen LogP contribution is 2.24. The van der Waals surface area contributed by atoms with Crippen molar-refractivity contribution in [3.63, 3.8) is 0 Å². The van der Waals surface area contributed by atoms with Gasteiger partial charge in [-0.15, -0.1) is 0 Å². The number of benzene rings is 1. The molecule has 2 aromatic rings. The number of halogens is 1. The number of nitrogens with zero attached hydrogens (tertiary/aromatic N) is 3. The van der Waals surface area contributed by atoms with Crippen molar-refractivity contribution in [1.29, 1.82) is 0 Å². The molecule has 2 heterocycles. The van der Waals surface area contributed by atoms with E-state index < -0.39 is 0 Å². The van der Waals surface area contributed by atoms with Gasteiger partial charge in [-0.05, 0) is 44.0 Å². The molecule has 1 aliphatic rings. The van der Waals surface area contributed by atoms with Crippen LogP contribution in [0.1, 0.15) is 19.8 Å². The largest absolute Gasteiger partial charge is 0.477 e. The van der Waals surface area contributed by atoms with E-state index in [0.29, 0.717) is 18.2 Å². The van der Waals surface area contributed by atoms with Gasteiger partial charge in [-0.3, -0.25) is 9.78 Å². The molecule has 1 fully saturated rings. The van der Waals surface area contributed by atoms with Crippen molar-refractivity contribution >= 4 is 17.4 Å². The Kier molecular flexibility index (Phi) is 5.42. The molecule has 6 nitrogen and oxygen atoms in total. The van der Waals surface area contributed by atoms with Crippen molar-refractivity contribution in [2.24, 2.45) is 5.92 Å². The predicted molar refractivity (Wildman–Crippen MR) is 93.2 cm³/mol. The number of piperidine rings is 1. The number of aromatic nitrogens is 2. The molecule has 0 spiro atoms. The first-order valence-electron chi connectivity index (χ1n) is 8.42. The van der Waals surface area contributed by atoms with Crippen LogP contribution in [0.3, 0.4) is 0 Å². The summed E-state index contributed by atoms with van der Waals surface area (Å²) in [6.45, 7) is 3.90. The first-order valence-corrected chi connectivity index (χ1v) is 8.42. The Morgan fingerprint density at radius 1 is 1.28 bits per heavy atom. The smallest absolute Gasteiger partial charge is 0.234 e. The number of hydrogen-bond acceptors (Lipinski definition) is 5. The van der Waals surface area contributed by atoms with Gasteiger partial charge in [-0.2, -0.15) is 4.98 Å². The molecule has 0 atom stereocenters. The minimum atomic E-state index is -0.318. The Bertz CT molecular complexity index is 715. The fourth-order valence-electron chi connectivity index (χ4n) is 2.86. The molecule has 1 N–H and O–H groups in total.